The SMILES string of the molecule is COc1ccc(S(=O)(=O)Cl)cc1NC(C)=O.O=S(=O)(O)Cl. The second-order valence-corrected chi connectivity index (χ2v) is 7.95. The van der Waals surface area contributed by atoms with Crippen LogP contribution >= 0.6 is 21.4 Å². The van der Waals surface area contributed by atoms with Crippen molar-refractivity contribution in [1.82, 2.24) is 0 Å². The lowest BCUT2D eigenvalue weighted by Gasteiger charge is -2.09. The van der Waals surface area contributed by atoms with Crippen LogP contribution in [0.1, 0.15) is 6.92 Å². The van der Waals surface area contributed by atoms with E-state index in [4.69, 9.17) is 28.4 Å². The lowest BCUT2D eigenvalue weighted by Crippen LogP contribution is -2.07. The van der Waals surface area contributed by atoms with Crippen LogP contribution in [0.15, 0.2) is 23.1 Å². The summed E-state index contributed by atoms with van der Waals surface area (Å²) in [5.41, 5.74) is 0.261. The van der Waals surface area contributed by atoms with Crippen LogP contribution in [0.25, 0.3) is 0 Å². The Morgan fingerprint density at radius 2 is 1.71 bits per heavy atom. The molecule has 0 atom stereocenters. The van der Waals surface area contributed by atoms with E-state index in [0.29, 0.717) is 5.75 Å². The Balaban J connectivity index is 0.000000690. The molecular weight excluding hydrogens is 369 g/mol. The topological polar surface area (TPSA) is 127 Å². The molecule has 1 aromatic carbocycles. The minimum atomic E-state index is -4.19. The number of anilines is 1. The summed E-state index contributed by atoms with van der Waals surface area (Å²) < 4.78 is 52.3. The Morgan fingerprint density at radius 1 is 1.24 bits per heavy atom. The fourth-order valence-electron chi connectivity index (χ4n) is 1.13. The lowest BCUT2D eigenvalue weighted by molar-refractivity contribution is -0.114. The maximum atomic E-state index is 11.1. The Kier molecular flexibility index (Phi) is 7.40. The van der Waals surface area contributed by atoms with E-state index in [1.54, 1.807) is 0 Å². The lowest BCUT2D eigenvalue weighted by atomic mass is 10.3. The first kappa shape index (κ1) is 19.9. The monoisotopic (exact) mass is 379 g/mol. The Bertz CT molecular complexity index is 708. The van der Waals surface area contributed by atoms with E-state index in [-0.39, 0.29) is 16.5 Å². The van der Waals surface area contributed by atoms with Crippen LogP contribution in [0.4, 0.5) is 5.69 Å². The smallest absolute Gasteiger partial charge is 0.353 e. The number of carbonyl (C=O) groups is 1. The number of methoxy groups -OCH3 is 1. The summed E-state index contributed by atoms with van der Waals surface area (Å²) in [7, 11) is 2.64. The molecule has 0 radical (unpaired) electrons. The van der Waals surface area contributed by atoms with E-state index < -0.39 is 18.4 Å². The van der Waals surface area contributed by atoms with Crippen LogP contribution in [-0.2, 0) is 23.2 Å². The molecule has 0 spiro atoms. The average Bonchev–Trinajstić information content (AvgIpc) is 2.24. The molecule has 0 aliphatic heterocycles. The summed E-state index contributed by atoms with van der Waals surface area (Å²) in [6.45, 7) is 1.31. The van der Waals surface area contributed by atoms with Gasteiger partial charge in [0.15, 0.2) is 0 Å². The molecule has 0 saturated heterocycles. The zero-order valence-electron chi connectivity index (χ0n) is 10.7. The van der Waals surface area contributed by atoms with Crippen LogP contribution in [-0.4, -0.2) is 34.4 Å². The summed E-state index contributed by atoms with van der Waals surface area (Å²) in [5, 5.41) is 2.45. The predicted octanol–water partition coefficient (Wildman–Crippen LogP) is 1.61. The van der Waals surface area contributed by atoms with E-state index in [2.05, 4.69) is 16.0 Å². The van der Waals surface area contributed by atoms with E-state index in [0.717, 1.165) is 0 Å². The van der Waals surface area contributed by atoms with Crippen molar-refractivity contribution in [3.05, 3.63) is 18.2 Å². The van der Waals surface area contributed by atoms with Crippen molar-refractivity contribution >= 4 is 51.3 Å². The number of hydrogen-bond acceptors (Lipinski definition) is 6. The molecular formula is C9H11Cl2NO7S2. The van der Waals surface area contributed by atoms with E-state index >= 15 is 0 Å². The fourth-order valence-corrected chi connectivity index (χ4v) is 1.90. The molecule has 1 amide bonds. The molecule has 0 bridgehead atoms. The summed E-state index contributed by atoms with van der Waals surface area (Å²) in [6.07, 6.45) is 0. The number of hydrogen-bond donors (Lipinski definition) is 2. The number of benzene rings is 1. The third-order valence-electron chi connectivity index (χ3n) is 1.76. The maximum Gasteiger partial charge on any atom is 0.353 e. The van der Waals surface area contributed by atoms with Gasteiger partial charge in [-0.3, -0.25) is 9.35 Å². The third kappa shape index (κ3) is 9.47. The van der Waals surface area contributed by atoms with Crippen LogP contribution < -0.4 is 10.1 Å². The van der Waals surface area contributed by atoms with Gasteiger partial charge in [-0.1, -0.05) is 0 Å². The normalized spacial score (nSPS) is 11.1. The molecule has 120 valence electrons. The molecule has 8 nitrogen and oxygen atoms in total. The van der Waals surface area contributed by atoms with Gasteiger partial charge < -0.3 is 10.1 Å². The number of halogens is 2. The first-order chi connectivity index (χ1) is 9.34. The molecule has 0 aromatic heterocycles. The number of nitrogens with one attached hydrogen (secondary N) is 1. The van der Waals surface area contributed by atoms with Crippen molar-refractivity contribution in [3.63, 3.8) is 0 Å². The maximum absolute atomic E-state index is 11.1. The van der Waals surface area contributed by atoms with Crippen molar-refractivity contribution in [2.75, 3.05) is 12.4 Å². The number of ether oxygens (including phenoxy) is 1. The Hall–Kier alpha value is -1.07. The summed E-state index contributed by atoms with van der Waals surface area (Å²) in [6, 6.07) is 3.95. The Morgan fingerprint density at radius 3 is 2.05 bits per heavy atom. The average molecular weight is 380 g/mol. The molecule has 0 aliphatic rings. The van der Waals surface area contributed by atoms with Gasteiger partial charge in [0.2, 0.25) is 5.91 Å². The van der Waals surface area contributed by atoms with Gasteiger partial charge in [-0.15, -0.1) is 0 Å². The molecule has 1 rings (SSSR count). The Labute approximate surface area is 130 Å². The highest BCUT2D eigenvalue weighted by molar-refractivity contribution is 8.13. The summed E-state index contributed by atoms with van der Waals surface area (Å²) >= 11 is 0. The van der Waals surface area contributed by atoms with Crippen molar-refractivity contribution in [2.24, 2.45) is 0 Å². The highest BCUT2D eigenvalue weighted by Gasteiger charge is 2.13. The van der Waals surface area contributed by atoms with Gasteiger partial charge in [-0.05, 0) is 18.2 Å². The van der Waals surface area contributed by atoms with Crippen molar-refractivity contribution in [1.29, 1.82) is 0 Å². The van der Waals surface area contributed by atoms with Gasteiger partial charge in [0.25, 0.3) is 9.05 Å². The molecule has 1 aromatic rings. The zero-order chi connectivity index (χ0) is 16.8. The highest BCUT2D eigenvalue weighted by atomic mass is 35.7. The van der Waals surface area contributed by atoms with Crippen molar-refractivity contribution in [3.8, 4) is 5.75 Å². The molecule has 0 fully saturated rings. The minimum absolute atomic E-state index is 0.0984. The zero-order valence-corrected chi connectivity index (χ0v) is 13.8. The van der Waals surface area contributed by atoms with Gasteiger partial charge in [-0.25, -0.2) is 8.42 Å². The van der Waals surface area contributed by atoms with Crippen molar-refractivity contribution in [2.45, 2.75) is 11.8 Å². The second-order valence-electron chi connectivity index (χ2n) is 3.39. The minimum Gasteiger partial charge on any atom is -0.495 e. The van der Waals surface area contributed by atoms with Gasteiger partial charge in [0.05, 0.1) is 17.7 Å². The van der Waals surface area contributed by atoms with Gasteiger partial charge in [-0.2, -0.15) is 8.42 Å². The van der Waals surface area contributed by atoms with Crippen LogP contribution in [0.2, 0.25) is 0 Å². The molecule has 0 saturated carbocycles. The van der Waals surface area contributed by atoms with Gasteiger partial charge in [0.1, 0.15) is 5.75 Å². The molecule has 0 aliphatic carbocycles. The third-order valence-corrected chi connectivity index (χ3v) is 3.11. The standard InChI is InChI=1S/C9H10ClNO4S.ClHO3S/c1-6(12)11-8-5-7(16(10,13)14)3-4-9(8)15-2;1-5(2,3)4/h3-5H,1-2H3,(H,11,12);(H,2,3,4). The number of rotatable bonds is 3. The van der Waals surface area contributed by atoms with Crippen LogP contribution in [0.3, 0.4) is 0 Å². The number of amides is 1. The largest absolute Gasteiger partial charge is 0.495 e. The fraction of sp³-hybridized carbons (Fsp3) is 0.222. The van der Waals surface area contributed by atoms with Gasteiger partial charge in [0, 0.05) is 28.3 Å². The first-order valence-electron chi connectivity index (χ1n) is 4.92. The molecule has 0 heterocycles. The molecule has 12 heteroatoms. The van der Waals surface area contributed by atoms with E-state index in [1.165, 1.54) is 32.2 Å². The molecule has 2 N–H and O–H groups in total. The first-order valence-corrected chi connectivity index (χ1v) is 9.49. The van der Waals surface area contributed by atoms with E-state index in [1.807, 2.05) is 0 Å². The van der Waals surface area contributed by atoms with Crippen LogP contribution in [0, 0.1) is 0 Å². The predicted molar refractivity (Wildman–Crippen MR) is 77.7 cm³/mol. The van der Waals surface area contributed by atoms with Crippen molar-refractivity contribution < 1.29 is 30.9 Å². The van der Waals surface area contributed by atoms with E-state index in [9.17, 15) is 13.2 Å². The number of carbonyl (C=O) groups excluding carboxylic acids is 1. The quantitative estimate of drug-likeness (QED) is 0.602. The highest BCUT2D eigenvalue weighted by Crippen LogP contribution is 2.28. The van der Waals surface area contributed by atoms with Crippen LogP contribution in [0.5, 0.6) is 5.75 Å². The molecule has 21 heavy (non-hydrogen) atoms. The summed E-state index contributed by atoms with van der Waals surface area (Å²) in [4.78, 5) is 10.8. The second kappa shape index (κ2) is 7.80. The van der Waals surface area contributed by atoms with Gasteiger partial charge >= 0.3 is 9.33 Å². The summed E-state index contributed by atoms with van der Waals surface area (Å²) in [5.74, 6) is 0.0293. The molecule has 0 unspecified atom stereocenters.